The first kappa shape index (κ1) is 12.4. The number of thiophene rings is 1. The number of halogens is 1. The molecule has 0 spiro atoms. The van der Waals surface area contributed by atoms with Crippen LogP contribution in [0.1, 0.15) is 5.56 Å². The third kappa shape index (κ3) is 2.54. The summed E-state index contributed by atoms with van der Waals surface area (Å²) in [6.07, 6.45) is 0. The molecule has 0 atom stereocenters. The van der Waals surface area contributed by atoms with Crippen molar-refractivity contribution >= 4 is 33.0 Å². The van der Waals surface area contributed by atoms with E-state index in [0.29, 0.717) is 0 Å². The molecule has 0 N–H and O–H groups in total. The fourth-order valence-electron chi connectivity index (χ4n) is 2.43. The fourth-order valence-corrected chi connectivity index (χ4v) is 3.66. The van der Waals surface area contributed by atoms with Crippen molar-refractivity contribution < 1.29 is 0 Å². The van der Waals surface area contributed by atoms with E-state index in [2.05, 4.69) is 34.4 Å². The van der Waals surface area contributed by atoms with E-state index in [1.54, 1.807) is 11.3 Å². The van der Waals surface area contributed by atoms with E-state index in [4.69, 9.17) is 11.6 Å². The molecule has 1 fully saturated rings. The number of piperazine rings is 1. The highest BCUT2D eigenvalue weighted by Crippen LogP contribution is 2.29. The fraction of sp³-hybridized carbons (Fsp3) is 0.429. The van der Waals surface area contributed by atoms with Crippen LogP contribution in [-0.4, -0.2) is 43.0 Å². The summed E-state index contributed by atoms with van der Waals surface area (Å²) in [7, 11) is 2.19. The summed E-state index contributed by atoms with van der Waals surface area (Å²) in [5.41, 5.74) is 1.44. The summed E-state index contributed by atoms with van der Waals surface area (Å²) in [6.45, 7) is 5.75. The molecule has 2 nitrogen and oxygen atoms in total. The van der Waals surface area contributed by atoms with Crippen molar-refractivity contribution in [3.63, 3.8) is 0 Å². The summed E-state index contributed by atoms with van der Waals surface area (Å²) < 4.78 is 1.30. The van der Waals surface area contributed by atoms with Crippen LogP contribution in [0.5, 0.6) is 0 Å². The lowest BCUT2D eigenvalue weighted by atomic mass is 10.1. The van der Waals surface area contributed by atoms with Crippen LogP contribution in [0.15, 0.2) is 23.6 Å². The lowest BCUT2D eigenvalue weighted by Crippen LogP contribution is -2.43. The van der Waals surface area contributed by atoms with Gasteiger partial charge in [-0.2, -0.15) is 0 Å². The van der Waals surface area contributed by atoms with Gasteiger partial charge in [0.05, 0.1) is 0 Å². The van der Waals surface area contributed by atoms with Crippen LogP contribution in [0.3, 0.4) is 0 Å². The number of hydrogen-bond acceptors (Lipinski definition) is 3. The smallest absolute Gasteiger partial charge is 0.0420 e. The Morgan fingerprint density at radius 2 is 2.00 bits per heavy atom. The van der Waals surface area contributed by atoms with Gasteiger partial charge in [-0.3, -0.25) is 4.90 Å². The van der Waals surface area contributed by atoms with Crippen molar-refractivity contribution in [3.8, 4) is 0 Å². The second kappa shape index (κ2) is 5.17. The quantitative estimate of drug-likeness (QED) is 0.833. The van der Waals surface area contributed by atoms with Crippen LogP contribution in [0.25, 0.3) is 10.1 Å². The maximum atomic E-state index is 6.03. The van der Waals surface area contributed by atoms with Gasteiger partial charge in [0.1, 0.15) is 0 Å². The highest BCUT2D eigenvalue weighted by atomic mass is 35.5. The minimum Gasteiger partial charge on any atom is -0.304 e. The normalized spacial score (nSPS) is 18.6. The molecule has 2 heterocycles. The Kier molecular flexibility index (Phi) is 3.57. The zero-order valence-corrected chi connectivity index (χ0v) is 12.1. The molecule has 0 saturated carbocycles. The molecule has 4 heteroatoms. The zero-order chi connectivity index (χ0) is 12.5. The van der Waals surface area contributed by atoms with E-state index >= 15 is 0 Å². The average molecular weight is 281 g/mol. The number of nitrogens with zero attached hydrogens (tertiary/aromatic N) is 2. The number of likely N-dealkylation sites (N-methyl/N-ethyl adjacent to an activating group) is 1. The molecule has 0 bridgehead atoms. The molecule has 1 aliphatic heterocycles. The molecule has 1 aromatic carbocycles. The number of benzene rings is 1. The minimum absolute atomic E-state index is 0.829. The molecule has 3 rings (SSSR count). The largest absolute Gasteiger partial charge is 0.304 e. The Morgan fingerprint density at radius 3 is 2.78 bits per heavy atom. The highest BCUT2D eigenvalue weighted by Gasteiger charge is 2.15. The average Bonchev–Trinajstić information content (AvgIpc) is 2.74. The van der Waals surface area contributed by atoms with Crippen LogP contribution >= 0.6 is 22.9 Å². The van der Waals surface area contributed by atoms with Crippen molar-refractivity contribution in [1.29, 1.82) is 0 Å². The van der Waals surface area contributed by atoms with Gasteiger partial charge in [-0.05, 0) is 35.5 Å². The lowest BCUT2D eigenvalue weighted by molar-refractivity contribution is 0.148. The van der Waals surface area contributed by atoms with Crippen molar-refractivity contribution in [2.24, 2.45) is 0 Å². The van der Waals surface area contributed by atoms with Gasteiger partial charge in [-0.1, -0.05) is 17.7 Å². The van der Waals surface area contributed by atoms with Gasteiger partial charge < -0.3 is 4.90 Å². The summed E-state index contributed by atoms with van der Waals surface area (Å²) in [6, 6.07) is 6.21. The molecule has 2 aromatic rings. The molecule has 1 aromatic heterocycles. The predicted molar refractivity (Wildman–Crippen MR) is 79.6 cm³/mol. The van der Waals surface area contributed by atoms with E-state index < -0.39 is 0 Å². The lowest BCUT2D eigenvalue weighted by Gasteiger charge is -2.32. The topological polar surface area (TPSA) is 6.48 Å². The summed E-state index contributed by atoms with van der Waals surface area (Å²) >= 11 is 7.82. The second-order valence-corrected chi connectivity index (χ2v) is 6.33. The molecule has 1 saturated heterocycles. The van der Waals surface area contributed by atoms with Gasteiger partial charge in [-0.15, -0.1) is 11.3 Å². The van der Waals surface area contributed by atoms with Crippen LogP contribution in [0.2, 0.25) is 5.02 Å². The molecule has 18 heavy (non-hydrogen) atoms. The van der Waals surface area contributed by atoms with Gasteiger partial charge in [0.15, 0.2) is 0 Å². The molecule has 0 radical (unpaired) electrons. The zero-order valence-electron chi connectivity index (χ0n) is 10.5. The van der Waals surface area contributed by atoms with E-state index in [-0.39, 0.29) is 0 Å². The number of hydrogen-bond donors (Lipinski definition) is 0. The maximum Gasteiger partial charge on any atom is 0.0420 e. The van der Waals surface area contributed by atoms with Crippen LogP contribution in [0, 0.1) is 0 Å². The summed E-state index contributed by atoms with van der Waals surface area (Å²) in [5.74, 6) is 0. The monoisotopic (exact) mass is 280 g/mol. The minimum atomic E-state index is 0.829. The van der Waals surface area contributed by atoms with Gasteiger partial charge in [0, 0.05) is 42.4 Å². The van der Waals surface area contributed by atoms with E-state index in [1.165, 1.54) is 41.8 Å². The third-order valence-corrected chi connectivity index (χ3v) is 4.84. The van der Waals surface area contributed by atoms with Gasteiger partial charge >= 0.3 is 0 Å². The van der Waals surface area contributed by atoms with Gasteiger partial charge in [0.25, 0.3) is 0 Å². The van der Waals surface area contributed by atoms with Crippen LogP contribution in [-0.2, 0) is 6.54 Å². The molecule has 96 valence electrons. The summed E-state index contributed by atoms with van der Waals surface area (Å²) in [5, 5.41) is 4.47. The molecular weight excluding hydrogens is 264 g/mol. The Balaban J connectivity index is 1.78. The van der Waals surface area contributed by atoms with E-state index in [1.807, 2.05) is 6.07 Å². The van der Waals surface area contributed by atoms with Crippen molar-refractivity contribution in [1.82, 2.24) is 9.80 Å². The number of rotatable bonds is 2. The first-order valence-electron chi connectivity index (χ1n) is 6.29. The van der Waals surface area contributed by atoms with Crippen molar-refractivity contribution in [3.05, 3.63) is 34.2 Å². The van der Waals surface area contributed by atoms with Crippen molar-refractivity contribution in [2.75, 3.05) is 33.2 Å². The molecule has 0 aliphatic carbocycles. The van der Waals surface area contributed by atoms with Crippen LogP contribution < -0.4 is 0 Å². The second-order valence-electron chi connectivity index (χ2n) is 4.98. The standard InChI is InChI=1S/C14H17ClN2S/c1-16-4-6-17(7-5-16)9-11-10-18-14-8-12(15)2-3-13(11)14/h2-3,8,10H,4-7,9H2,1H3. The Labute approximate surface area is 117 Å². The first-order valence-corrected chi connectivity index (χ1v) is 7.55. The molecular formula is C14H17ClN2S. The Bertz CT molecular complexity index is 544. The van der Waals surface area contributed by atoms with Crippen LogP contribution in [0.4, 0.5) is 0 Å². The number of fused-ring (bicyclic) bond motifs is 1. The Hall–Kier alpha value is -0.610. The SMILES string of the molecule is CN1CCN(Cc2csc3cc(Cl)ccc23)CC1. The summed E-state index contributed by atoms with van der Waals surface area (Å²) in [4.78, 5) is 4.93. The van der Waals surface area contributed by atoms with Crippen molar-refractivity contribution in [2.45, 2.75) is 6.54 Å². The Morgan fingerprint density at radius 1 is 1.22 bits per heavy atom. The molecule has 1 aliphatic rings. The van der Waals surface area contributed by atoms with E-state index in [9.17, 15) is 0 Å². The van der Waals surface area contributed by atoms with Gasteiger partial charge in [0.2, 0.25) is 0 Å². The highest BCUT2D eigenvalue weighted by molar-refractivity contribution is 7.17. The third-order valence-electron chi connectivity index (χ3n) is 3.61. The predicted octanol–water partition coefficient (Wildman–Crippen LogP) is 3.30. The molecule has 0 amide bonds. The molecule has 0 unspecified atom stereocenters. The van der Waals surface area contributed by atoms with E-state index in [0.717, 1.165) is 11.6 Å². The first-order chi connectivity index (χ1) is 8.72. The maximum absolute atomic E-state index is 6.03. The van der Waals surface area contributed by atoms with Gasteiger partial charge in [-0.25, -0.2) is 0 Å².